The fourth-order valence-electron chi connectivity index (χ4n) is 1.93. The Hall–Kier alpha value is -1.84. The molecule has 1 unspecified atom stereocenters. The maximum Gasteiger partial charge on any atom is 0.220 e. The van der Waals surface area contributed by atoms with Gasteiger partial charge in [-0.1, -0.05) is 39.8 Å². The first-order valence-corrected chi connectivity index (χ1v) is 7.06. The highest BCUT2D eigenvalue weighted by Crippen LogP contribution is 2.27. The van der Waals surface area contributed by atoms with E-state index in [1.165, 1.54) is 0 Å². The summed E-state index contributed by atoms with van der Waals surface area (Å²) in [5, 5.41) is 2.93. The van der Waals surface area contributed by atoms with Gasteiger partial charge in [-0.2, -0.15) is 0 Å². The van der Waals surface area contributed by atoms with Crippen LogP contribution in [0.2, 0.25) is 0 Å². The molecule has 2 N–H and O–H groups in total. The van der Waals surface area contributed by atoms with Gasteiger partial charge in [0.15, 0.2) is 0 Å². The third-order valence-electron chi connectivity index (χ3n) is 3.86. The SMILES string of the molecule is CC(CC(=O)NCc1nc2ccccc2[nH]1)C(C)(C)C. The van der Waals surface area contributed by atoms with Gasteiger partial charge in [0.25, 0.3) is 0 Å². The van der Waals surface area contributed by atoms with Crippen LogP contribution in [0.5, 0.6) is 0 Å². The highest BCUT2D eigenvalue weighted by molar-refractivity contribution is 5.77. The van der Waals surface area contributed by atoms with Gasteiger partial charge in [0.2, 0.25) is 5.91 Å². The summed E-state index contributed by atoms with van der Waals surface area (Å²) >= 11 is 0. The minimum absolute atomic E-state index is 0.0767. The number of carbonyl (C=O) groups is 1. The standard InChI is InChI=1S/C16H23N3O/c1-11(16(2,3)4)9-15(20)17-10-14-18-12-7-5-6-8-13(12)19-14/h5-8,11H,9-10H2,1-4H3,(H,17,20)(H,18,19). The molecule has 0 saturated carbocycles. The van der Waals surface area contributed by atoms with Crippen molar-refractivity contribution >= 4 is 16.9 Å². The summed E-state index contributed by atoms with van der Waals surface area (Å²) in [5.41, 5.74) is 2.08. The van der Waals surface area contributed by atoms with Crippen molar-refractivity contribution in [3.63, 3.8) is 0 Å². The Morgan fingerprint density at radius 2 is 2.05 bits per heavy atom. The first-order chi connectivity index (χ1) is 9.36. The van der Waals surface area contributed by atoms with Crippen LogP contribution in [0, 0.1) is 11.3 Å². The van der Waals surface area contributed by atoms with Gasteiger partial charge >= 0.3 is 0 Å². The Morgan fingerprint density at radius 1 is 1.35 bits per heavy atom. The molecule has 0 spiro atoms. The highest BCUT2D eigenvalue weighted by Gasteiger charge is 2.22. The van der Waals surface area contributed by atoms with Crippen molar-refractivity contribution < 1.29 is 4.79 Å². The van der Waals surface area contributed by atoms with Crippen LogP contribution < -0.4 is 5.32 Å². The van der Waals surface area contributed by atoms with E-state index in [2.05, 4.69) is 43.0 Å². The molecule has 4 nitrogen and oxygen atoms in total. The molecule has 1 heterocycles. The highest BCUT2D eigenvalue weighted by atomic mass is 16.1. The summed E-state index contributed by atoms with van der Waals surface area (Å²) in [7, 11) is 0. The molecule has 4 heteroatoms. The van der Waals surface area contributed by atoms with Crippen LogP contribution in [-0.4, -0.2) is 15.9 Å². The van der Waals surface area contributed by atoms with Crippen LogP contribution in [0.3, 0.4) is 0 Å². The molecule has 2 rings (SSSR count). The molecule has 0 saturated heterocycles. The van der Waals surface area contributed by atoms with E-state index < -0.39 is 0 Å². The average molecular weight is 273 g/mol. The number of amides is 1. The number of aromatic nitrogens is 2. The minimum atomic E-state index is 0.0767. The number of fused-ring (bicyclic) bond motifs is 1. The fourth-order valence-corrected chi connectivity index (χ4v) is 1.93. The lowest BCUT2D eigenvalue weighted by Gasteiger charge is -2.26. The smallest absolute Gasteiger partial charge is 0.220 e. The van der Waals surface area contributed by atoms with Crippen molar-refractivity contribution in [2.45, 2.75) is 40.7 Å². The Balaban J connectivity index is 1.90. The second-order valence-electron chi connectivity index (χ2n) is 6.45. The lowest BCUT2D eigenvalue weighted by atomic mass is 9.80. The van der Waals surface area contributed by atoms with Gasteiger partial charge in [-0.15, -0.1) is 0 Å². The third-order valence-corrected chi connectivity index (χ3v) is 3.86. The van der Waals surface area contributed by atoms with E-state index in [1.807, 2.05) is 24.3 Å². The van der Waals surface area contributed by atoms with Gasteiger partial charge in [0, 0.05) is 6.42 Å². The van der Waals surface area contributed by atoms with E-state index in [4.69, 9.17) is 0 Å². The number of hydrogen-bond acceptors (Lipinski definition) is 2. The minimum Gasteiger partial charge on any atom is -0.349 e. The molecule has 0 aliphatic rings. The molecule has 20 heavy (non-hydrogen) atoms. The number of aromatic amines is 1. The summed E-state index contributed by atoms with van der Waals surface area (Å²) in [6.45, 7) is 9.03. The number of carbonyl (C=O) groups excluding carboxylic acids is 1. The zero-order chi connectivity index (χ0) is 14.8. The number of rotatable bonds is 4. The molecule has 1 atom stereocenters. The Bertz CT molecular complexity index is 562. The van der Waals surface area contributed by atoms with Crippen LogP contribution in [-0.2, 0) is 11.3 Å². The van der Waals surface area contributed by atoms with Gasteiger partial charge in [0.1, 0.15) is 5.82 Å². The topological polar surface area (TPSA) is 57.8 Å². The third kappa shape index (κ3) is 3.59. The quantitative estimate of drug-likeness (QED) is 0.898. The molecule has 1 aromatic carbocycles. The van der Waals surface area contributed by atoms with Crippen LogP contribution >= 0.6 is 0 Å². The van der Waals surface area contributed by atoms with E-state index in [0.717, 1.165) is 16.9 Å². The first kappa shape index (κ1) is 14.6. The Labute approximate surface area is 120 Å². The summed E-state index contributed by atoms with van der Waals surface area (Å²) in [4.78, 5) is 19.6. The maximum atomic E-state index is 11.9. The second-order valence-corrected chi connectivity index (χ2v) is 6.45. The predicted octanol–water partition coefficient (Wildman–Crippen LogP) is 3.25. The van der Waals surface area contributed by atoms with Crippen LogP contribution in [0.1, 0.15) is 39.9 Å². The monoisotopic (exact) mass is 273 g/mol. The van der Waals surface area contributed by atoms with E-state index >= 15 is 0 Å². The van der Waals surface area contributed by atoms with E-state index in [-0.39, 0.29) is 11.3 Å². The Morgan fingerprint density at radius 3 is 2.70 bits per heavy atom. The molecule has 1 aromatic heterocycles. The molecule has 0 fully saturated rings. The van der Waals surface area contributed by atoms with Crippen LogP contribution in [0.15, 0.2) is 24.3 Å². The predicted molar refractivity (Wildman–Crippen MR) is 81.2 cm³/mol. The Kier molecular flexibility index (Phi) is 4.12. The first-order valence-electron chi connectivity index (χ1n) is 7.06. The number of nitrogens with one attached hydrogen (secondary N) is 2. The van der Waals surface area contributed by atoms with E-state index in [1.54, 1.807) is 0 Å². The van der Waals surface area contributed by atoms with Crippen molar-refractivity contribution in [1.29, 1.82) is 0 Å². The molecule has 0 aliphatic heterocycles. The molecule has 0 bridgehead atoms. The molecule has 2 aromatic rings. The number of nitrogens with zero attached hydrogens (tertiary/aromatic N) is 1. The largest absolute Gasteiger partial charge is 0.349 e. The molecule has 1 amide bonds. The molecule has 0 aliphatic carbocycles. The molecule has 0 radical (unpaired) electrons. The van der Waals surface area contributed by atoms with Crippen molar-refractivity contribution in [2.75, 3.05) is 0 Å². The van der Waals surface area contributed by atoms with Crippen molar-refractivity contribution in [1.82, 2.24) is 15.3 Å². The lowest BCUT2D eigenvalue weighted by molar-refractivity contribution is -0.122. The lowest BCUT2D eigenvalue weighted by Crippen LogP contribution is -2.29. The summed E-state index contributed by atoms with van der Waals surface area (Å²) < 4.78 is 0. The fraction of sp³-hybridized carbons (Fsp3) is 0.500. The molecular formula is C16H23N3O. The van der Waals surface area contributed by atoms with Crippen molar-refractivity contribution in [2.24, 2.45) is 11.3 Å². The zero-order valence-corrected chi connectivity index (χ0v) is 12.7. The number of benzene rings is 1. The zero-order valence-electron chi connectivity index (χ0n) is 12.7. The number of H-pyrrole nitrogens is 1. The van der Waals surface area contributed by atoms with Gasteiger partial charge < -0.3 is 10.3 Å². The van der Waals surface area contributed by atoms with Crippen molar-refractivity contribution in [3.05, 3.63) is 30.1 Å². The van der Waals surface area contributed by atoms with Gasteiger partial charge in [-0.05, 0) is 23.5 Å². The average Bonchev–Trinajstić information content (AvgIpc) is 2.78. The maximum absolute atomic E-state index is 11.9. The van der Waals surface area contributed by atoms with Crippen molar-refractivity contribution in [3.8, 4) is 0 Å². The summed E-state index contributed by atoms with van der Waals surface area (Å²) in [6, 6.07) is 7.86. The van der Waals surface area contributed by atoms with E-state index in [0.29, 0.717) is 18.9 Å². The van der Waals surface area contributed by atoms with Crippen LogP contribution in [0.25, 0.3) is 11.0 Å². The summed E-state index contributed by atoms with van der Waals surface area (Å²) in [6.07, 6.45) is 0.545. The number of hydrogen-bond donors (Lipinski definition) is 2. The molecule has 108 valence electrons. The van der Waals surface area contributed by atoms with E-state index in [9.17, 15) is 4.79 Å². The normalized spacial score (nSPS) is 13.4. The van der Waals surface area contributed by atoms with Crippen LogP contribution in [0.4, 0.5) is 0 Å². The van der Waals surface area contributed by atoms with Gasteiger partial charge in [-0.3, -0.25) is 4.79 Å². The van der Waals surface area contributed by atoms with Gasteiger partial charge in [0.05, 0.1) is 17.6 Å². The summed E-state index contributed by atoms with van der Waals surface area (Å²) in [5.74, 6) is 1.22. The van der Waals surface area contributed by atoms with Gasteiger partial charge in [-0.25, -0.2) is 4.98 Å². The second kappa shape index (κ2) is 5.65. The molecular weight excluding hydrogens is 250 g/mol. The number of imidazole rings is 1. The number of para-hydroxylation sites is 2.